The highest BCUT2D eigenvalue weighted by molar-refractivity contribution is 5.85. The van der Waals surface area contributed by atoms with Crippen molar-refractivity contribution in [2.24, 2.45) is 5.73 Å². The molecule has 0 heterocycles. The number of carbonyl (C=O) groups is 2. The summed E-state index contributed by atoms with van der Waals surface area (Å²) in [4.78, 5) is 21.4. The summed E-state index contributed by atoms with van der Waals surface area (Å²) >= 11 is 0. The molecule has 2 amide bonds. The molecule has 0 aromatic carbocycles. The monoisotopic (exact) mass is 182 g/mol. The Morgan fingerprint density at radius 3 is 2.62 bits per heavy atom. The number of primary amides is 1. The molecule has 4 heteroatoms. The van der Waals surface area contributed by atoms with Crippen molar-refractivity contribution in [2.45, 2.75) is 32.2 Å². The Hall–Kier alpha value is -1.50. The first-order chi connectivity index (χ1) is 6.07. The topological polar surface area (TPSA) is 72.2 Å². The molecule has 1 atom stereocenters. The van der Waals surface area contributed by atoms with E-state index in [4.69, 9.17) is 12.2 Å². The molecule has 0 aromatic rings. The lowest BCUT2D eigenvalue weighted by Crippen LogP contribution is -2.43. The van der Waals surface area contributed by atoms with Crippen LogP contribution in [0.15, 0.2) is 0 Å². The van der Waals surface area contributed by atoms with Gasteiger partial charge in [-0.2, -0.15) is 0 Å². The smallest absolute Gasteiger partial charge is 0.239 e. The standard InChI is InChI=1S/C9H14N2O2/c1-3-4-5-6-8(9(10)13)11-7(2)12/h1,8H,4-6H2,2H3,(H2,10,13)(H,11,12)/t8-/m0/s1. The Kier molecular flexibility index (Phi) is 5.37. The number of hydrogen-bond acceptors (Lipinski definition) is 2. The van der Waals surface area contributed by atoms with Gasteiger partial charge in [0.2, 0.25) is 11.8 Å². The maximum Gasteiger partial charge on any atom is 0.239 e. The van der Waals surface area contributed by atoms with Crippen molar-refractivity contribution >= 4 is 11.8 Å². The van der Waals surface area contributed by atoms with E-state index < -0.39 is 11.9 Å². The van der Waals surface area contributed by atoms with Gasteiger partial charge in [0.25, 0.3) is 0 Å². The van der Waals surface area contributed by atoms with Crippen LogP contribution in [-0.4, -0.2) is 17.9 Å². The first-order valence-electron chi connectivity index (χ1n) is 4.07. The number of nitrogens with one attached hydrogen (secondary N) is 1. The second-order valence-electron chi connectivity index (χ2n) is 2.75. The quantitative estimate of drug-likeness (QED) is 0.455. The van der Waals surface area contributed by atoms with Crippen molar-refractivity contribution in [3.8, 4) is 12.3 Å². The normalized spacial score (nSPS) is 11.4. The molecule has 0 aliphatic rings. The minimum Gasteiger partial charge on any atom is -0.368 e. The van der Waals surface area contributed by atoms with Gasteiger partial charge in [0.05, 0.1) is 0 Å². The minimum absolute atomic E-state index is 0.260. The molecule has 0 bridgehead atoms. The Bertz CT molecular complexity index is 230. The Morgan fingerprint density at radius 2 is 2.23 bits per heavy atom. The van der Waals surface area contributed by atoms with Crippen LogP contribution < -0.4 is 11.1 Å². The fourth-order valence-electron chi connectivity index (χ4n) is 0.939. The first kappa shape index (κ1) is 11.5. The molecule has 4 nitrogen and oxygen atoms in total. The molecule has 0 unspecified atom stereocenters. The van der Waals surface area contributed by atoms with E-state index in [0.29, 0.717) is 19.3 Å². The summed E-state index contributed by atoms with van der Waals surface area (Å²) in [7, 11) is 0. The Morgan fingerprint density at radius 1 is 1.62 bits per heavy atom. The molecule has 0 aliphatic heterocycles. The molecular weight excluding hydrogens is 168 g/mol. The zero-order valence-corrected chi connectivity index (χ0v) is 7.67. The van der Waals surface area contributed by atoms with Crippen molar-refractivity contribution in [2.75, 3.05) is 0 Å². The third-order valence-corrected chi connectivity index (χ3v) is 1.53. The van der Waals surface area contributed by atoms with Gasteiger partial charge >= 0.3 is 0 Å². The van der Waals surface area contributed by atoms with Crippen LogP contribution in [0.25, 0.3) is 0 Å². The summed E-state index contributed by atoms with van der Waals surface area (Å²) in [5.41, 5.74) is 5.06. The van der Waals surface area contributed by atoms with E-state index in [0.717, 1.165) is 0 Å². The van der Waals surface area contributed by atoms with Crippen LogP contribution >= 0.6 is 0 Å². The van der Waals surface area contributed by atoms with Crippen LogP contribution in [0, 0.1) is 12.3 Å². The zero-order chi connectivity index (χ0) is 10.3. The van der Waals surface area contributed by atoms with Crippen molar-refractivity contribution < 1.29 is 9.59 Å². The number of hydrogen-bond donors (Lipinski definition) is 2. The van der Waals surface area contributed by atoms with Gasteiger partial charge in [0.15, 0.2) is 0 Å². The van der Waals surface area contributed by atoms with E-state index in [1.165, 1.54) is 6.92 Å². The van der Waals surface area contributed by atoms with Gasteiger partial charge < -0.3 is 11.1 Å². The van der Waals surface area contributed by atoms with Crippen LogP contribution in [0.5, 0.6) is 0 Å². The second kappa shape index (κ2) is 6.06. The van der Waals surface area contributed by atoms with Crippen molar-refractivity contribution in [1.82, 2.24) is 5.32 Å². The summed E-state index contributed by atoms with van der Waals surface area (Å²) in [6.07, 6.45) is 6.81. The maximum atomic E-state index is 10.8. The van der Waals surface area contributed by atoms with Crippen LogP contribution in [-0.2, 0) is 9.59 Å². The number of carbonyl (C=O) groups excluding carboxylic acids is 2. The van der Waals surface area contributed by atoms with E-state index in [2.05, 4.69) is 11.2 Å². The van der Waals surface area contributed by atoms with Gasteiger partial charge in [-0.25, -0.2) is 0 Å². The summed E-state index contributed by atoms with van der Waals surface area (Å²) in [6.45, 7) is 1.34. The number of unbranched alkanes of at least 4 members (excludes halogenated alkanes) is 1. The lowest BCUT2D eigenvalue weighted by atomic mass is 10.1. The lowest BCUT2D eigenvalue weighted by Gasteiger charge is -2.12. The molecule has 72 valence electrons. The highest BCUT2D eigenvalue weighted by Gasteiger charge is 2.14. The van der Waals surface area contributed by atoms with E-state index >= 15 is 0 Å². The molecule has 0 radical (unpaired) electrons. The average Bonchev–Trinajstić information content (AvgIpc) is 2.02. The SMILES string of the molecule is C#CCCC[C@H](NC(C)=O)C(N)=O. The Labute approximate surface area is 77.9 Å². The minimum atomic E-state index is -0.592. The third-order valence-electron chi connectivity index (χ3n) is 1.53. The average molecular weight is 182 g/mol. The van der Waals surface area contributed by atoms with Crippen LogP contribution in [0.1, 0.15) is 26.2 Å². The van der Waals surface area contributed by atoms with E-state index in [1.54, 1.807) is 0 Å². The predicted molar refractivity (Wildman–Crippen MR) is 49.5 cm³/mol. The van der Waals surface area contributed by atoms with Crippen LogP contribution in [0.4, 0.5) is 0 Å². The van der Waals surface area contributed by atoms with Gasteiger partial charge in [-0.05, 0) is 12.8 Å². The zero-order valence-electron chi connectivity index (χ0n) is 7.67. The van der Waals surface area contributed by atoms with E-state index in [-0.39, 0.29) is 5.91 Å². The van der Waals surface area contributed by atoms with Gasteiger partial charge in [0.1, 0.15) is 6.04 Å². The summed E-state index contributed by atoms with van der Waals surface area (Å²) < 4.78 is 0. The van der Waals surface area contributed by atoms with Gasteiger partial charge in [0, 0.05) is 13.3 Å². The highest BCUT2D eigenvalue weighted by Crippen LogP contribution is 1.99. The molecule has 3 N–H and O–H groups in total. The van der Waals surface area contributed by atoms with Crippen molar-refractivity contribution in [3.05, 3.63) is 0 Å². The summed E-state index contributed by atoms with van der Waals surface area (Å²) in [5.74, 6) is 1.67. The fraction of sp³-hybridized carbons (Fsp3) is 0.556. The number of nitrogens with two attached hydrogens (primary N) is 1. The van der Waals surface area contributed by atoms with Crippen LogP contribution in [0.3, 0.4) is 0 Å². The maximum absolute atomic E-state index is 10.8. The van der Waals surface area contributed by atoms with Gasteiger partial charge in [-0.1, -0.05) is 0 Å². The molecule has 0 fully saturated rings. The molecule has 0 saturated carbocycles. The van der Waals surface area contributed by atoms with Gasteiger partial charge in [-0.3, -0.25) is 9.59 Å². The molecule has 0 aromatic heterocycles. The molecule has 0 rings (SSSR count). The Balaban J connectivity index is 3.89. The first-order valence-corrected chi connectivity index (χ1v) is 4.07. The molecule has 0 spiro atoms. The summed E-state index contributed by atoms with van der Waals surface area (Å²) in [5, 5.41) is 2.46. The predicted octanol–water partition coefficient (Wildman–Crippen LogP) is -0.220. The number of amides is 2. The molecule has 0 aliphatic carbocycles. The van der Waals surface area contributed by atoms with Crippen molar-refractivity contribution in [1.29, 1.82) is 0 Å². The fourth-order valence-corrected chi connectivity index (χ4v) is 0.939. The highest BCUT2D eigenvalue weighted by atomic mass is 16.2. The molecule has 13 heavy (non-hydrogen) atoms. The van der Waals surface area contributed by atoms with Gasteiger partial charge in [-0.15, -0.1) is 12.3 Å². The molecular formula is C9H14N2O2. The van der Waals surface area contributed by atoms with Crippen LogP contribution in [0.2, 0.25) is 0 Å². The second-order valence-corrected chi connectivity index (χ2v) is 2.75. The molecule has 0 saturated heterocycles. The number of rotatable bonds is 5. The lowest BCUT2D eigenvalue weighted by molar-refractivity contribution is -0.126. The summed E-state index contributed by atoms with van der Waals surface area (Å²) in [6, 6.07) is -0.592. The van der Waals surface area contributed by atoms with E-state index in [1.807, 2.05) is 0 Å². The van der Waals surface area contributed by atoms with E-state index in [9.17, 15) is 9.59 Å². The number of terminal acetylenes is 1. The van der Waals surface area contributed by atoms with Crippen molar-refractivity contribution in [3.63, 3.8) is 0 Å². The third kappa shape index (κ3) is 5.74. The largest absolute Gasteiger partial charge is 0.368 e.